The van der Waals surface area contributed by atoms with Crippen molar-refractivity contribution in [2.24, 2.45) is 0 Å². The van der Waals surface area contributed by atoms with Crippen LogP contribution in [0.15, 0.2) is 53.7 Å². The Kier molecular flexibility index (Phi) is 5.93. The molecule has 0 saturated heterocycles. The molecule has 0 radical (unpaired) electrons. The summed E-state index contributed by atoms with van der Waals surface area (Å²) >= 11 is 1.16. The highest BCUT2D eigenvalue weighted by atomic mass is 32.2. The monoisotopic (exact) mass is 413 g/mol. The van der Waals surface area contributed by atoms with Crippen LogP contribution in [0.25, 0.3) is 11.4 Å². The van der Waals surface area contributed by atoms with Crippen molar-refractivity contribution < 1.29 is 9.18 Å². The number of benzene rings is 2. The highest BCUT2D eigenvalue weighted by Gasteiger charge is 2.21. The summed E-state index contributed by atoms with van der Waals surface area (Å²) in [5.41, 5.74) is 2.23. The predicted molar refractivity (Wildman–Crippen MR) is 115 cm³/mol. The Morgan fingerprint density at radius 3 is 2.41 bits per heavy atom. The number of aromatic nitrogens is 3. The van der Waals surface area contributed by atoms with Crippen LogP contribution in [-0.4, -0.2) is 26.0 Å². The summed E-state index contributed by atoms with van der Waals surface area (Å²) in [6.45, 7) is 8.15. The van der Waals surface area contributed by atoms with Gasteiger partial charge in [0.1, 0.15) is 5.82 Å². The van der Waals surface area contributed by atoms with Gasteiger partial charge >= 0.3 is 0 Å². The normalized spacial score (nSPS) is 12.6. The molecule has 8 heteroatoms. The molecule has 0 aliphatic heterocycles. The molecule has 3 N–H and O–H groups in total. The fourth-order valence-electron chi connectivity index (χ4n) is 2.68. The predicted octanol–water partition coefficient (Wildman–Crippen LogP) is 4.21. The van der Waals surface area contributed by atoms with Crippen LogP contribution in [0.4, 0.5) is 10.1 Å². The number of carbonyl (C=O) groups excluding carboxylic acids is 1. The van der Waals surface area contributed by atoms with Gasteiger partial charge in [0.15, 0.2) is 5.82 Å². The van der Waals surface area contributed by atoms with E-state index in [0.29, 0.717) is 11.0 Å². The van der Waals surface area contributed by atoms with Gasteiger partial charge in [0.2, 0.25) is 11.1 Å². The first-order valence-electron chi connectivity index (χ1n) is 9.20. The molecule has 2 aromatic carbocycles. The van der Waals surface area contributed by atoms with Crippen LogP contribution < -0.4 is 11.2 Å². The van der Waals surface area contributed by atoms with Gasteiger partial charge in [-0.25, -0.2) is 9.07 Å². The van der Waals surface area contributed by atoms with Gasteiger partial charge < -0.3 is 11.2 Å². The summed E-state index contributed by atoms with van der Waals surface area (Å²) in [5, 5.41) is 10.7. The second kappa shape index (κ2) is 8.24. The molecule has 1 aromatic heterocycles. The Labute approximate surface area is 173 Å². The molecular formula is C21H24FN5OS. The van der Waals surface area contributed by atoms with Crippen molar-refractivity contribution in [3.05, 3.63) is 59.9 Å². The van der Waals surface area contributed by atoms with Gasteiger partial charge in [0.05, 0.1) is 10.9 Å². The van der Waals surface area contributed by atoms with Crippen molar-refractivity contribution in [2.75, 3.05) is 11.2 Å². The molecular weight excluding hydrogens is 389 g/mol. The maximum atomic E-state index is 13.7. The molecule has 1 atom stereocenters. The highest BCUT2D eigenvalue weighted by molar-refractivity contribution is 8.00. The van der Waals surface area contributed by atoms with E-state index in [1.807, 2.05) is 24.3 Å². The number of amides is 1. The second-order valence-corrected chi connectivity index (χ2v) is 9.04. The topological polar surface area (TPSA) is 85.8 Å². The number of thioether (sulfide) groups is 1. The van der Waals surface area contributed by atoms with Crippen molar-refractivity contribution in [1.29, 1.82) is 0 Å². The maximum absolute atomic E-state index is 13.7. The Bertz CT molecular complexity index is 1010. The van der Waals surface area contributed by atoms with Crippen molar-refractivity contribution in [2.45, 2.75) is 43.5 Å². The third-order valence-corrected chi connectivity index (χ3v) is 5.51. The average Bonchev–Trinajstić information content (AvgIpc) is 3.03. The lowest BCUT2D eigenvalue weighted by Crippen LogP contribution is -2.24. The summed E-state index contributed by atoms with van der Waals surface area (Å²) in [4.78, 5) is 12.4. The van der Waals surface area contributed by atoms with Crippen LogP contribution in [0, 0.1) is 5.82 Å². The summed E-state index contributed by atoms with van der Waals surface area (Å²) in [7, 11) is 0. The lowest BCUT2D eigenvalue weighted by atomic mass is 9.87. The number of hydrogen-bond acceptors (Lipinski definition) is 5. The van der Waals surface area contributed by atoms with E-state index in [0.717, 1.165) is 17.3 Å². The van der Waals surface area contributed by atoms with E-state index in [2.05, 4.69) is 36.3 Å². The first-order chi connectivity index (χ1) is 13.7. The Hall–Kier alpha value is -2.87. The number of hydrogen-bond donors (Lipinski definition) is 2. The Morgan fingerprint density at radius 2 is 1.79 bits per heavy atom. The van der Waals surface area contributed by atoms with Crippen molar-refractivity contribution >= 4 is 23.4 Å². The van der Waals surface area contributed by atoms with Crippen molar-refractivity contribution in [3.63, 3.8) is 0 Å². The minimum atomic E-state index is -0.544. The van der Waals surface area contributed by atoms with E-state index < -0.39 is 11.1 Å². The standard InChI is InChI=1S/C21H24FN5OS/c1-13(19(28)24-17-8-6-5-7-16(17)22)29-20-26-25-18(27(20)23)14-9-11-15(12-10-14)21(2,3)4/h5-13H,23H2,1-4H3,(H,24,28). The number of nitrogens with one attached hydrogen (secondary N) is 1. The van der Waals surface area contributed by atoms with Gasteiger partial charge in [-0.2, -0.15) is 0 Å². The number of rotatable bonds is 5. The van der Waals surface area contributed by atoms with Crippen LogP contribution in [0.2, 0.25) is 0 Å². The molecule has 0 fully saturated rings. The van der Waals surface area contributed by atoms with Gasteiger partial charge in [-0.3, -0.25) is 4.79 Å². The summed E-state index contributed by atoms with van der Waals surface area (Å²) < 4.78 is 15.1. The molecule has 0 spiro atoms. The molecule has 0 aliphatic rings. The van der Waals surface area contributed by atoms with Gasteiger partial charge in [0.25, 0.3) is 0 Å². The molecule has 1 heterocycles. The summed E-state index contributed by atoms with van der Waals surface area (Å²) in [6, 6.07) is 14.0. The lowest BCUT2D eigenvalue weighted by molar-refractivity contribution is -0.115. The van der Waals surface area contributed by atoms with Gasteiger partial charge in [-0.05, 0) is 30.0 Å². The largest absolute Gasteiger partial charge is 0.335 e. The minimum absolute atomic E-state index is 0.0525. The molecule has 6 nitrogen and oxygen atoms in total. The molecule has 3 aromatic rings. The van der Waals surface area contributed by atoms with E-state index in [1.54, 1.807) is 19.1 Å². The van der Waals surface area contributed by atoms with Gasteiger partial charge in [-0.1, -0.05) is 68.9 Å². The van der Waals surface area contributed by atoms with E-state index in [4.69, 9.17) is 5.84 Å². The fraction of sp³-hybridized carbons (Fsp3) is 0.286. The highest BCUT2D eigenvalue weighted by Crippen LogP contribution is 2.28. The smallest absolute Gasteiger partial charge is 0.237 e. The molecule has 152 valence electrons. The number of halogens is 1. The van der Waals surface area contributed by atoms with E-state index in [9.17, 15) is 9.18 Å². The lowest BCUT2D eigenvalue weighted by Gasteiger charge is -2.19. The van der Waals surface area contributed by atoms with Crippen LogP contribution in [0.5, 0.6) is 0 Å². The van der Waals surface area contributed by atoms with E-state index in [1.165, 1.54) is 22.4 Å². The zero-order valence-electron chi connectivity index (χ0n) is 16.8. The molecule has 1 amide bonds. The van der Waals surface area contributed by atoms with Gasteiger partial charge in [-0.15, -0.1) is 10.2 Å². The first-order valence-corrected chi connectivity index (χ1v) is 10.1. The van der Waals surface area contributed by atoms with Crippen LogP contribution >= 0.6 is 11.8 Å². The zero-order chi connectivity index (χ0) is 21.2. The van der Waals surface area contributed by atoms with E-state index in [-0.39, 0.29) is 17.0 Å². The second-order valence-electron chi connectivity index (χ2n) is 7.73. The number of para-hydroxylation sites is 1. The fourth-order valence-corrected chi connectivity index (χ4v) is 3.45. The Morgan fingerprint density at radius 1 is 1.14 bits per heavy atom. The third-order valence-electron chi connectivity index (χ3n) is 4.46. The van der Waals surface area contributed by atoms with Crippen molar-refractivity contribution in [3.8, 4) is 11.4 Å². The summed E-state index contributed by atoms with van der Waals surface area (Å²) in [6.07, 6.45) is 0. The maximum Gasteiger partial charge on any atom is 0.237 e. The molecule has 3 rings (SSSR count). The summed E-state index contributed by atoms with van der Waals surface area (Å²) in [5.74, 6) is 5.84. The van der Waals surface area contributed by atoms with Crippen LogP contribution in [-0.2, 0) is 10.2 Å². The number of nitrogen functional groups attached to an aromatic ring is 1. The zero-order valence-corrected chi connectivity index (χ0v) is 17.6. The van der Waals surface area contributed by atoms with Crippen LogP contribution in [0.1, 0.15) is 33.3 Å². The SMILES string of the molecule is CC(Sc1nnc(-c2ccc(C(C)(C)C)cc2)n1N)C(=O)Nc1ccccc1F. The average molecular weight is 414 g/mol. The van der Waals surface area contributed by atoms with Gasteiger partial charge in [0, 0.05) is 5.56 Å². The molecule has 0 saturated carbocycles. The molecule has 0 bridgehead atoms. The quantitative estimate of drug-likeness (QED) is 0.483. The van der Waals surface area contributed by atoms with E-state index >= 15 is 0 Å². The molecule has 29 heavy (non-hydrogen) atoms. The number of carbonyl (C=O) groups is 1. The third kappa shape index (κ3) is 4.76. The molecule has 0 aliphatic carbocycles. The Balaban J connectivity index is 1.72. The van der Waals surface area contributed by atoms with Crippen molar-refractivity contribution in [1.82, 2.24) is 14.9 Å². The first kappa shape index (κ1) is 20.9. The minimum Gasteiger partial charge on any atom is -0.335 e. The molecule has 1 unspecified atom stereocenters. The number of anilines is 1. The van der Waals surface area contributed by atoms with Crippen LogP contribution in [0.3, 0.4) is 0 Å². The number of nitrogens with zero attached hydrogens (tertiary/aromatic N) is 3. The number of nitrogens with two attached hydrogens (primary N) is 1.